The molecule has 0 N–H and O–H groups in total. The highest BCUT2D eigenvalue weighted by Crippen LogP contribution is 2.64. The smallest absolute Gasteiger partial charge is 0.416 e. The Labute approximate surface area is 262 Å². The van der Waals surface area contributed by atoms with Crippen LogP contribution in [0.25, 0.3) is 0 Å². The highest BCUT2D eigenvalue weighted by Gasteiger charge is 2.66. The minimum absolute atomic E-state index is 0.173. The van der Waals surface area contributed by atoms with E-state index in [2.05, 4.69) is 30.6 Å². The molecule has 2 bridgehead atoms. The molecule has 3 fully saturated rings. The number of nitrogens with zero attached hydrogens (tertiary/aromatic N) is 2. The molecule has 238 valence electrons. The Bertz CT molecular complexity index is 1570. The molecule has 3 aliphatic carbocycles. The number of alkyl halides is 3. The number of likely N-dealkylation sites (tertiary alicyclic amines) is 1. The number of carbonyl (C=O) groups excluding carboxylic acids is 2. The lowest BCUT2D eigenvalue weighted by Gasteiger charge is -2.60. The second-order valence-corrected chi connectivity index (χ2v) is 14.0. The van der Waals surface area contributed by atoms with E-state index in [1.54, 1.807) is 0 Å². The van der Waals surface area contributed by atoms with Gasteiger partial charge in [0.2, 0.25) is 0 Å². The first-order chi connectivity index (χ1) is 21.5. The Morgan fingerprint density at radius 3 is 2.53 bits per heavy atom. The first-order valence-corrected chi connectivity index (χ1v) is 16.2. The van der Waals surface area contributed by atoms with Crippen molar-refractivity contribution in [2.24, 2.45) is 17.8 Å². The predicted octanol–water partition coefficient (Wildman–Crippen LogP) is 5.98. The number of hydrogen-bond acceptors (Lipinski definition) is 5. The van der Waals surface area contributed by atoms with Gasteiger partial charge in [0.1, 0.15) is 17.6 Å². The molecule has 2 aliphatic heterocycles. The minimum atomic E-state index is -4.43. The lowest BCUT2D eigenvalue weighted by molar-refractivity contribution is -0.138. The molecule has 2 aromatic rings. The van der Waals surface area contributed by atoms with E-state index in [0.717, 1.165) is 73.7 Å². The molecule has 6 nitrogen and oxygen atoms in total. The van der Waals surface area contributed by atoms with Crippen LogP contribution in [-0.2, 0) is 27.6 Å². The lowest BCUT2D eigenvalue weighted by Crippen LogP contribution is -2.69. The summed E-state index contributed by atoms with van der Waals surface area (Å²) in [5.74, 6) is 7.61. The molecule has 2 aromatic carbocycles. The third-order valence-corrected chi connectivity index (χ3v) is 10.6. The van der Waals surface area contributed by atoms with Gasteiger partial charge in [-0.1, -0.05) is 19.8 Å². The molecular weight excluding hydrogens is 581 g/mol. The Morgan fingerprint density at radius 1 is 1.11 bits per heavy atom. The van der Waals surface area contributed by atoms with Crippen molar-refractivity contribution in [3.8, 4) is 23.3 Å². The predicted molar refractivity (Wildman–Crippen MR) is 162 cm³/mol. The molecular formula is C36H39F3N2O4. The summed E-state index contributed by atoms with van der Waals surface area (Å²) in [6.07, 6.45) is 1.33. The summed E-state index contributed by atoms with van der Waals surface area (Å²) in [7, 11) is 0. The van der Waals surface area contributed by atoms with E-state index >= 15 is 0 Å². The van der Waals surface area contributed by atoms with Crippen molar-refractivity contribution in [3.63, 3.8) is 0 Å². The van der Waals surface area contributed by atoms with Crippen LogP contribution in [0.2, 0.25) is 0 Å². The van der Waals surface area contributed by atoms with E-state index in [9.17, 15) is 22.8 Å². The van der Waals surface area contributed by atoms with Gasteiger partial charge >= 0.3 is 12.1 Å². The number of amides is 1. The van der Waals surface area contributed by atoms with Crippen LogP contribution in [0.1, 0.15) is 75.1 Å². The molecule has 45 heavy (non-hydrogen) atoms. The molecule has 0 unspecified atom stereocenters. The van der Waals surface area contributed by atoms with Crippen LogP contribution >= 0.6 is 0 Å². The largest absolute Gasteiger partial charge is 0.487 e. The topological polar surface area (TPSA) is 59.1 Å². The molecule has 5 atom stereocenters. The van der Waals surface area contributed by atoms with Gasteiger partial charge in [0.05, 0.1) is 11.6 Å². The van der Waals surface area contributed by atoms with Crippen molar-refractivity contribution in [1.82, 2.24) is 9.80 Å². The lowest BCUT2D eigenvalue weighted by atomic mass is 9.50. The summed E-state index contributed by atoms with van der Waals surface area (Å²) in [6.45, 7) is 8.11. The molecule has 7 rings (SSSR count). The van der Waals surface area contributed by atoms with Gasteiger partial charge < -0.3 is 14.4 Å². The summed E-state index contributed by atoms with van der Waals surface area (Å²) < 4.78 is 51.8. The van der Waals surface area contributed by atoms with Crippen molar-refractivity contribution in [3.05, 3.63) is 58.7 Å². The zero-order valence-electron chi connectivity index (χ0n) is 26.0. The van der Waals surface area contributed by atoms with Crippen LogP contribution in [-0.4, -0.2) is 59.5 Å². The summed E-state index contributed by atoms with van der Waals surface area (Å²) in [4.78, 5) is 30.5. The normalized spacial score (nSPS) is 28.1. The maximum absolute atomic E-state index is 13.9. The fourth-order valence-corrected chi connectivity index (χ4v) is 8.73. The monoisotopic (exact) mass is 620 g/mol. The third-order valence-electron chi connectivity index (χ3n) is 10.6. The number of esters is 1. The molecule has 1 spiro atoms. The average Bonchev–Trinajstić information content (AvgIpc) is 3.74. The summed E-state index contributed by atoms with van der Waals surface area (Å²) in [6, 6.07) is 8.45. The van der Waals surface area contributed by atoms with Crippen LogP contribution < -0.4 is 9.47 Å². The summed E-state index contributed by atoms with van der Waals surface area (Å²) in [5.41, 5.74) is 1.53. The second kappa shape index (κ2) is 11.1. The maximum atomic E-state index is 13.9. The minimum Gasteiger partial charge on any atom is -0.487 e. The molecule has 0 aromatic heterocycles. The van der Waals surface area contributed by atoms with E-state index in [-0.39, 0.29) is 35.4 Å². The molecule has 9 heteroatoms. The van der Waals surface area contributed by atoms with Gasteiger partial charge in [-0.2, -0.15) is 13.2 Å². The molecule has 0 radical (unpaired) electrons. The fourth-order valence-electron chi connectivity index (χ4n) is 8.73. The highest BCUT2D eigenvalue weighted by atomic mass is 19.4. The second-order valence-electron chi connectivity index (χ2n) is 14.0. The van der Waals surface area contributed by atoms with Gasteiger partial charge in [0.15, 0.2) is 0 Å². The van der Waals surface area contributed by atoms with Gasteiger partial charge in [-0.25, -0.2) is 0 Å². The van der Waals surface area contributed by atoms with Crippen LogP contribution in [0.5, 0.6) is 11.5 Å². The van der Waals surface area contributed by atoms with Crippen LogP contribution in [0.15, 0.2) is 36.4 Å². The van der Waals surface area contributed by atoms with E-state index in [4.69, 9.17) is 9.47 Å². The van der Waals surface area contributed by atoms with Gasteiger partial charge in [0.25, 0.3) is 5.91 Å². The number of halogens is 3. The van der Waals surface area contributed by atoms with E-state index in [0.29, 0.717) is 29.8 Å². The zero-order chi connectivity index (χ0) is 31.7. The van der Waals surface area contributed by atoms with Gasteiger partial charge in [-0.15, -0.1) is 0 Å². The standard InChI is InChI=1S/C36H39F3N2O4/c1-21(2)19-41(32(43)15-8-23-6-9-25(10-7-23)36(37,38)39)28-12-11-27-29-18-26-30(44-22(3)42)13-14-31-33(26)35(27,34(28)45-31)16-17-40(29)20-24-4-5-24/h6-7,9-10,13-14,21,24,27-29,34H,4-5,11-12,16-20H2,1-3H3/t27-,28-,29+,34-,35-/m0/s1. The Kier molecular flexibility index (Phi) is 7.43. The Morgan fingerprint density at radius 2 is 1.87 bits per heavy atom. The number of rotatable bonds is 6. The van der Waals surface area contributed by atoms with E-state index in [1.165, 1.54) is 31.9 Å². The van der Waals surface area contributed by atoms with Crippen LogP contribution in [0.3, 0.4) is 0 Å². The molecule has 1 amide bonds. The molecule has 2 saturated carbocycles. The van der Waals surface area contributed by atoms with Crippen molar-refractivity contribution >= 4 is 11.9 Å². The first kappa shape index (κ1) is 30.2. The number of piperidine rings is 1. The Hall–Kier alpha value is -3.51. The van der Waals surface area contributed by atoms with Crippen molar-refractivity contribution < 1.29 is 32.2 Å². The summed E-state index contributed by atoms with van der Waals surface area (Å²) in [5, 5.41) is 0. The molecule has 2 heterocycles. The SMILES string of the molecule is CC(=O)Oc1ccc2c3c1C[C@@H]1[C@@H]4CC[C@H](N(CC(C)C)C(=O)C#Cc5ccc(C(F)(F)F)cc5)[C@H](O2)[C@]34CCN1CC1CC1. The van der Waals surface area contributed by atoms with Crippen LogP contribution in [0.4, 0.5) is 13.2 Å². The quantitative estimate of drug-likeness (QED) is 0.226. The van der Waals surface area contributed by atoms with E-state index in [1.807, 2.05) is 17.0 Å². The number of benzene rings is 2. The summed E-state index contributed by atoms with van der Waals surface area (Å²) >= 11 is 0. The van der Waals surface area contributed by atoms with Gasteiger partial charge in [-0.3, -0.25) is 14.5 Å². The van der Waals surface area contributed by atoms with Gasteiger partial charge in [-0.05, 0) is 99.2 Å². The van der Waals surface area contributed by atoms with Gasteiger partial charge in [0, 0.05) is 54.1 Å². The molecule has 1 saturated heterocycles. The van der Waals surface area contributed by atoms with E-state index < -0.39 is 11.7 Å². The zero-order valence-corrected chi connectivity index (χ0v) is 26.0. The average molecular weight is 621 g/mol. The van der Waals surface area contributed by atoms with Crippen molar-refractivity contribution in [1.29, 1.82) is 0 Å². The fraction of sp³-hybridized carbons (Fsp3) is 0.556. The number of carbonyl (C=O) groups is 2. The maximum Gasteiger partial charge on any atom is 0.416 e. The molecule has 5 aliphatic rings. The Balaban J connectivity index is 1.24. The first-order valence-electron chi connectivity index (χ1n) is 16.2. The van der Waals surface area contributed by atoms with Crippen molar-refractivity contribution in [2.45, 2.75) is 89.1 Å². The van der Waals surface area contributed by atoms with Crippen LogP contribution in [0, 0.1) is 29.6 Å². The van der Waals surface area contributed by atoms with Crippen molar-refractivity contribution in [2.75, 3.05) is 19.6 Å². The number of ether oxygens (including phenoxy) is 2. The third kappa shape index (κ3) is 5.29. The number of hydrogen-bond donors (Lipinski definition) is 0. The highest BCUT2D eigenvalue weighted by molar-refractivity contribution is 5.94.